The molecule has 0 aliphatic carbocycles. The van der Waals surface area contributed by atoms with E-state index in [1.54, 1.807) is 24.3 Å². The number of aldehydes is 1. The van der Waals surface area contributed by atoms with Gasteiger partial charge in [-0.15, -0.1) is 0 Å². The van der Waals surface area contributed by atoms with Crippen molar-refractivity contribution in [3.63, 3.8) is 0 Å². The summed E-state index contributed by atoms with van der Waals surface area (Å²) in [5.41, 5.74) is 4.77. The van der Waals surface area contributed by atoms with E-state index in [4.69, 9.17) is 15.6 Å². The van der Waals surface area contributed by atoms with Crippen LogP contribution in [0.2, 0.25) is 0 Å². The summed E-state index contributed by atoms with van der Waals surface area (Å²) < 4.78 is 32.9. The van der Waals surface area contributed by atoms with Gasteiger partial charge in [-0.25, -0.2) is 0 Å². The van der Waals surface area contributed by atoms with Crippen LogP contribution in [-0.2, 0) is 10.7 Å². The fourth-order valence-electron chi connectivity index (χ4n) is 1.65. The molecule has 3 N–H and O–H groups in total. The number of carbonyl (C=O) groups is 1. The maximum atomic E-state index is 13.7. The van der Waals surface area contributed by atoms with Crippen molar-refractivity contribution < 1.29 is 23.4 Å². The quantitative estimate of drug-likeness (QED) is 0.833. The molecular formula is C16H17F2NO3. The predicted octanol–water partition coefficient (Wildman–Crippen LogP) is 2.71. The number of carbonyl (C=O) groups excluding carboxylic acids is 1. The molecule has 22 heavy (non-hydrogen) atoms. The van der Waals surface area contributed by atoms with E-state index in [1.807, 2.05) is 6.07 Å². The van der Waals surface area contributed by atoms with Gasteiger partial charge in [-0.05, 0) is 36.4 Å². The van der Waals surface area contributed by atoms with Crippen molar-refractivity contribution in [1.29, 1.82) is 0 Å². The lowest BCUT2D eigenvalue weighted by molar-refractivity contribution is -0.118. The third-order valence-electron chi connectivity index (χ3n) is 2.78. The van der Waals surface area contributed by atoms with Crippen LogP contribution in [0.25, 0.3) is 0 Å². The van der Waals surface area contributed by atoms with Crippen LogP contribution in [0.3, 0.4) is 0 Å². The molecule has 0 aromatic heterocycles. The number of nitrogens with two attached hydrogens (primary N) is 1. The topological polar surface area (TPSA) is 72.5 Å². The summed E-state index contributed by atoms with van der Waals surface area (Å²) in [6.45, 7) is 0. The Labute approximate surface area is 127 Å². The third-order valence-corrected chi connectivity index (χ3v) is 2.78. The van der Waals surface area contributed by atoms with Crippen molar-refractivity contribution in [3.8, 4) is 11.5 Å². The van der Waals surface area contributed by atoms with Gasteiger partial charge in [0.05, 0.1) is 0 Å². The molecule has 2 rings (SSSR count). The number of alkyl halides is 2. The summed E-state index contributed by atoms with van der Waals surface area (Å²) >= 11 is 0. The number of halogens is 2. The minimum absolute atomic E-state index is 0.0361. The summed E-state index contributed by atoms with van der Waals surface area (Å²) in [6, 6.07) is 12.3. The zero-order valence-electron chi connectivity index (χ0n) is 11.9. The van der Waals surface area contributed by atoms with Gasteiger partial charge < -0.3 is 20.4 Å². The summed E-state index contributed by atoms with van der Waals surface area (Å²) in [5.74, 6) is -2.36. The summed E-state index contributed by atoms with van der Waals surface area (Å²) in [6.07, 6.45) is 0.0361. The highest BCUT2D eigenvalue weighted by Gasteiger charge is 2.38. The number of ether oxygens (including phenoxy) is 1. The second-order valence-corrected chi connectivity index (χ2v) is 4.22. The molecule has 0 aliphatic rings. The third kappa shape index (κ3) is 4.34. The van der Waals surface area contributed by atoms with Gasteiger partial charge >= 0.3 is 0 Å². The Balaban J connectivity index is 0.00000116. The number of hydrogen-bond donors (Lipinski definition) is 2. The first kappa shape index (κ1) is 17.7. The predicted molar refractivity (Wildman–Crippen MR) is 79.0 cm³/mol. The molecule has 1 atom stereocenters. The van der Waals surface area contributed by atoms with Gasteiger partial charge in [0.1, 0.15) is 23.8 Å². The van der Waals surface area contributed by atoms with Crippen LogP contribution in [0.1, 0.15) is 5.56 Å². The lowest BCUT2D eigenvalue weighted by Gasteiger charge is -2.19. The van der Waals surface area contributed by atoms with Gasteiger partial charge in [-0.3, -0.25) is 0 Å². The Hall–Kier alpha value is -2.31. The molecule has 0 amide bonds. The van der Waals surface area contributed by atoms with Gasteiger partial charge in [0.2, 0.25) is 0 Å². The fourth-order valence-corrected chi connectivity index (χ4v) is 1.65. The van der Waals surface area contributed by atoms with Crippen molar-refractivity contribution in [1.82, 2.24) is 0 Å². The average Bonchev–Trinajstić information content (AvgIpc) is 2.57. The summed E-state index contributed by atoms with van der Waals surface area (Å²) in [5, 5.41) is 7.00. The molecule has 0 spiro atoms. The van der Waals surface area contributed by atoms with E-state index in [0.29, 0.717) is 11.5 Å². The standard InChI is InChI=1S/C15H13F2NO2.CH4O/c16-15(17,14(18)10-19)11-6-8-13(9-7-11)20-12-4-2-1-3-5-12;1-2/h1-10,14H,18H2;2H,1H3. The van der Waals surface area contributed by atoms with Gasteiger partial charge in [-0.2, -0.15) is 8.78 Å². The van der Waals surface area contributed by atoms with Crippen molar-refractivity contribution in [2.45, 2.75) is 12.0 Å². The van der Waals surface area contributed by atoms with Crippen molar-refractivity contribution >= 4 is 6.29 Å². The molecule has 118 valence electrons. The Bertz CT molecular complexity index is 574. The van der Waals surface area contributed by atoms with Crippen molar-refractivity contribution in [2.75, 3.05) is 7.11 Å². The monoisotopic (exact) mass is 309 g/mol. The molecule has 0 bridgehead atoms. The highest BCUT2D eigenvalue weighted by atomic mass is 19.3. The first-order chi connectivity index (χ1) is 10.5. The zero-order valence-corrected chi connectivity index (χ0v) is 11.9. The van der Waals surface area contributed by atoms with Gasteiger partial charge in [0, 0.05) is 12.7 Å². The number of rotatable bonds is 5. The minimum atomic E-state index is -3.40. The van der Waals surface area contributed by atoms with Crippen LogP contribution in [0.4, 0.5) is 8.78 Å². The molecule has 0 radical (unpaired) electrons. The SMILES string of the molecule is CO.NC(C=O)C(F)(F)c1ccc(Oc2ccccc2)cc1. The van der Waals surface area contributed by atoms with Crippen LogP contribution in [0.5, 0.6) is 11.5 Å². The molecular weight excluding hydrogens is 292 g/mol. The van der Waals surface area contributed by atoms with E-state index in [-0.39, 0.29) is 11.8 Å². The molecule has 2 aromatic carbocycles. The Morgan fingerprint density at radius 1 is 1.05 bits per heavy atom. The van der Waals surface area contributed by atoms with E-state index in [2.05, 4.69) is 0 Å². The van der Waals surface area contributed by atoms with Gasteiger partial charge in [0.25, 0.3) is 5.92 Å². The molecule has 0 saturated heterocycles. The molecule has 6 heteroatoms. The smallest absolute Gasteiger partial charge is 0.294 e. The first-order valence-corrected chi connectivity index (χ1v) is 6.41. The Morgan fingerprint density at radius 3 is 2.05 bits per heavy atom. The maximum Gasteiger partial charge on any atom is 0.294 e. The van der Waals surface area contributed by atoms with Crippen LogP contribution in [0, 0.1) is 0 Å². The van der Waals surface area contributed by atoms with Crippen LogP contribution >= 0.6 is 0 Å². The summed E-state index contributed by atoms with van der Waals surface area (Å²) in [4.78, 5) is 10.4. The van der Waals surface area contributed by atoms with E-state index in [9.17, 15) is 13.6 Å². The number of aliphatic hydroxyl groups is 1. The number of hydrogen-bond acceptors (Lipinski definition) is 4. The van der Waals surface area contributed by atoms with E-state index < -0.39 is 12.0 Å². The number of benzene rings is 2. The highest BCUT2D eigenvalue weighted by Crippen LogP contribution is 2.32. The normalized spacial score (nSPS) is 11.9. The van der Waals surface area contributed by atoms with E-state index >= 15 is 0 Å². The number of para-hydroxylation sites is 1. The lowest BCUT2D eigenvalue weighted by Crippen LogP contribution is -2.39. The largest absolute Gasteiger partial charge is 0.457 e. The van der Waals surface area contributed by atoms with E-state index in [0.717, 1.165) is 7.11 Å². The number of aliphatic hydroxyl groups excluding tert-OH is 1. The van der Waals surface area contributed by atoms with Crippen LogP contribution in [0.15, 0.2) is 54.6 Å². The van der Waals surface area contributed by atoms with Gasteiger partial charge in [0.15, 0.2) is 0 Å². The first-order valence-electron chi connectivity index (χ1n) is 6.41. The van der Waals surface area contributed by atoms with Crippen molar-refractivity contribution in [3.05, 3.63) is 60.2 Å². The molecule has 0 heterocycles. The second kappa shape index (κ2) is 8.21. The lowest BCUT2D eigenvalue weighted by atomic mass is 10.0. The fraction of sp³-hybridized carbons (Fsp3) is 0.188. The molecule has 2 aromatic rings. The maximum absolute atomic E-state index is 13.7. The van der Waals surface area contributed by atoms with Gasteiger partial charge in [-0.1, -0.05) is 18.2 Å². The van der Waals surface area contributed by atoms with Crippen LogP contribution in [-0.4, -0.2) is 24.5 Å². The van der Waals surface area contributed by atoms with Crippen molar-refractivity contribution in [2.24, 2.45) is 5.73 Å². The molecule has 0 fully saturated rings. The Kier molecular flexibility index (Phi) is 6.62. The van der Waals surface area contributed by atoms with Crippen LogP contribution < -0.4 is 10.5 Å². The highest BCUT2D eigenvalue weighted by molar-refractivity contribution is 5.60. The summed E-state index contributed by atoms with van der Waals surface area (Å²) in [7, 11) is 1.00. The average molecular weight is 309 g/mol. The Morgan fingerprint density at radius 2 is 1.55 bits per heavy atom. The molecule has 4 nitrogen and oxygen atoms in total. The van der Waals surface area contributed by atoms with E-state index in [1.165, 1.54) is 24.3 Å². The molecule has 0 aliphatic heterocycles. The minimum Gasteiger partial charge on any atom is -0.457 e. The molecule has 0 saturated carbocycles. The molecule has 1 unspecified atom stereocenters. The second-order valence-electron chi connectivity index (χ2n) is 4.22. The zero-order chi connectivity index (χ0) is 16.6.